The van der Waals surface area contributed by atoms with Crippen molar-refractivity contribution in [1.29, 1.82) is 0 Å². The summed E-state index contributed by atoms with van der Waals surface area (Å²) in [6, 6.07) is 9.94. The lowest BCUT2D eigenvalue weighted by molar-refractivity contribution is -0.384. The minimum absolute atomic E-state index is 0.121. The lowest BCUT2D eigenvalue weighted by Gasteiger charge is -2.20. The van der Waals surface area contributed by atoms with Gasteiger partial charge in [-0.25, -0.2) is 0 Å². The molecule has 0 fully saturated rings. The van der Waals surface area contributed by atoms with Crippen LogP contribution in [0.2, 0.25) is 0 Å². The number of benzene rings is 2. The molecule has 0 aromatic heterocycles. The van der Waals surface area contributed by atoms with Gasteiger partial charge in [-0.1, -0.05) is 17.7 Å². The van der Waals surface area contributed by atoms with Crippen LogP contribution in [0.4, 0.5) is 11.4 Å². The average molecular weight is 343 g/mol. The molecule has 2 aromatic carbocycles. The van der Waals surface area contributed by atoms with Gasteiger partial charge in [-0.05, 0) is 19.1 Å². The van der Waals surface area contributed by atoms with Crippen LogP contribution < -0.4 is 10.1 Å². The number of ether oxygens (including phenoxy) is 1. The van der Waals surface area contributed by atoms with Crippen molar-refractivity contribution in [3.8, 4) is 5.75 Å². The summed E-state index contributed by atoms with van der Waals surface area (Å²) in [5.74, 6) is 0.384. The summed E-state index contributed by atoms with van der Waals surface area (Å²) < 4.78 is 5.34. The normalized spacial score (nSPS) is 10.2. The zero-order valence-corrected chi connectivity index (χ0v) is 14.7. The van der Waals surface area contributed by atoms with Crippen LogP contribution in [0.1, 0.15) is 21.5 Å². The lowest BCUT2D eigenvalue weighted by atomic mass is 10.1. The molecule has 132 valence electrons. The summed E-state index contributed by atoms with van der Waals surface area (Å²) in [5.41, 5.74) is 2.60. The standard InChI is InChI=1S/C18H21N3O4/c1-12-5-8-17(25-4)13(9-12)11-20(3)18(22)15-10-14(21(23)24)6-7-16(15)19-2/h5-10,19H,11H2,1-4H3. The Morgan fingerprint density at radius 3 is 2.60 bits per heavy atom. The number of non-ortho nitro benzene ring substituents is 1. The molecule has 2 aromatic rings. The van der Waals surface area contributed by atoms with Gasteiger partial charge in [-0.3, -0.25) is 14.9 Å². The largest absolute Gasteiger partial charge is 0.496 e. The maximum Gasteiger partial charge on any atom is 0.270 e. The highest BCUT2D eigenvalue weighted by molar-refractivity contribution is 6.00. The van der Waals surface area contributed by atoms with Crippen molar-refractivity contribution in [1.82, 2.24) is 4.90 Å². The molecular formula is C18H21N3O4. The second kappa shape index (κ2) is 7.65. The number of methoxy groups -OCH3 is 1. The van der Waals surface area contributed by atoms with Gasteiger partial charge in [0.1, 0.15) is 5.75 Å². The van der Waals surface area contributed by atoms with Crippen LogP contribution in [-0.4, -0.2) is 36.9 Å². The van der Waals surface area contributed by atoms with Crippen molar-refractivity contribution in [2.45, 2.75) is 13.5 Å². The van der Waals surface area contributed by atoms with Gasteiger partial charge in [0.25, 0.3) is 11.6 Å². The Hall–Kier alpha value is -3.09. The first kappa shape index (κ1) is 18.3. The Morgan fingerprint density at radius 1 is 1.28 bits per heavy atom. The minimum Gasteiger partial charge on any atom is -0.496 e. The Balaban J connectivity index is 2.33. The zero-order valence-electron chi connectivity index (χ0n) is 14.7. The Morgan fingerprint density at radius 2 is 2.00 bits per heavy atom. The molecule has 0 spiro atoms. The van der Waals surface area contributed by atoms with E-state index >= 15 is 0 Å². The van der Waals surface area contributed by atoms with Gasteiger partial charge >= 0.3 is 0 Å². The maximum atomic E-state index is 12.8. The highest BCUT2D eigenvalue weighted by atomic mass is 16.6. The smallest absolute Gasteiger partial charge is 0.270 e. The van der Waals surface area contributed by atoms with Gasteiger partial charge < -0.3 is 15.0 Å². The summed E-state index contributed by atoms with van der Waals surface area (Å²) in [6.07, 6.45) is 0. The van der Waals surface area contributed by atoms with Crippen LogP contribution in [-0.2, 0) is 6.54 Å². The second-order valence-electron chi connectivity index (χ2n) is 5.71. The molecule has 1 N–H and O–H groups in total. The van der Waals surface area contributed by atoms with Gasteiger partial charge in [0.2, 0.25) is 0 Å². The number of hydrogen-bond donors (Lipinski definition) is 1. The Labute approximate surface area is 146 Å². The molecule has 7 nitrogen and oxygen atoms in total. The highest BCUT2D eigenvalue weighted by Crippen LogP contribution is 2.25. The highest BCUT2D eigenvalue weighted by Gasteiger charge is 2.20. The molecule has 0 heterocycles. The fourth-order valence-corrected chi connectivity index (χ4v) is 2.60. The number of nitrogens with zero attached hydrogens (tertiary/aromatic N) is 2. The van der Waals surface area contributed by atoms with E-state index in [4.69, 9.17) is 4.74 Å². The number of anilines is 1. The van der Waals surface area contributed by atoms with E-state index < -0.39 is 4.92 Å². The number of nitro groups is 1. The monoisotopic (exact) mass is 343 g/mol. The van der Waals surface area contributed by atoms with Gasteiger partial charge in [0, 0.05) is 44.0 Å². The van der Waals surface area contributed by atoms with E-state index in [2.05, 4.69) is 5.32 Å². The number of hydrogen-bond acceptors (Lipinski definition) is 5. The van der Waals surface area contributed by atoms with E-state index in [1.54, 1.807) is 21.2 Å². The molecule has 0 saturated carbocycles. The fourth-order valence-electron chi connectivity index (χ4n) is 2.60. The van der Waals surface area contributed by atoms with Crippen molar-refractivity contribution in [3.63, 3.8) is 0 Å². The van der Waals surface area contributed by atoms with Gasteiger partial charge in [0.05, 0.1) is 17.6 Å². The third-order valence-electron chi connectivity index (χ3n) is 3.90. The number of amides is 1. The number of rotatable bonds is 6. The molecule has 2 rings (SSSR count). The van der Waals surface area contributed by atoms with Gasteiger partial charge in [0.15, 0.2) is 0 Å². The topological polar surface area (TPSA) is 84.7 Å². The number of nitro benzene ring substituents is 1. The molecule has 0 aliphatic rings. The quantitative estimate of drug-likeness (QED) is 0.643. The molecule has 0 radical (unpaired) electrons. The van der Waals surface area contributed by atoms with E-state index in [9.17, 15) is 14.9 Å². The molecule has 0 bridgehead atoms. The van der Waals surface area contributed by atoms with E-state index in [1.165, 1.54) is 23.1 Å². The van der Waals surface area contributed by atoms with Crippen LogP contribution >= 0.6 is 0 Å². The first-order chi connectivity index (χ1) is 11.9. The molecule has 0 aliphatic heterocycles. The molecule has 0 atom stereocenters. The molecule has 1 amide bonds. The van der Waals surface area contributed by atoms with Crippen LogP contribution in [0.25, 0.3) is 0 Å². The zero-order chi connectivity index (χ0) is 18.6. The number of carbonyl (C=O) groups excluding carboxylic acids is 1. The summed E-state index contributed by atoms with van der Waals surface area (Å²) in [6.45, 7) is 2.29. The third-order valence-corrected chi connectivity index (χ3v) is 3.90. The first-order valence-corrected chi connectivity index (χ1v) is 7.72. The fraction of sp³-hybridized carbons (Fsp3) is 0.278. The van der Waals surface area contributed by atoms with Crippen molar-refractivity contribution in [2.75, 3.05) is 26.5 Å². The number of carbonyl (C=O) groups is 1. The van der Waals surface area contributed by atoms with E-state index in [1.807, 2.05) is 25.1 Å². The van der Waals surface area contributed by atoms with Crippen molar-refractivity contribution < 1.29 is 14.5 Å². The molecule has 25 heavy (non-hydrogen) atoms. The number of aryl methyl sites for hydroxylation is 1. The summed E-state index contributed by atoms with van der Waals surface area (Å²) >= 11 is 0. The van der Waals surface area contributed by atoms with Gasteiger partial charge in [-0.15, -0.1) is 0 Å². The van der Waals surface area contributed by atoms with Crippen LogP contribution in [0.15, 0.2) is 36.4 Å². The van der Waals surface area contributed by atoms with Crippen LogP contribution in [0.5, 0.6) is 5.75 Å². The SMILES string of the molecule is CNc1ccc([N+](=O)[O-])cc1C(=O)N(C)Cc1cc(C)ccc1OC. The minimum atomic E-state index is -0.514. The average Bonchev–Trinajstić information content (AvgIpc) is 2.60. The van der Waals surface area contributed by atoms with Crippen LogP contribution in [0, 0.1) is 17.0 Å². The molecule has 7 heteroatoms. The van der Waals surface area contributed by atoms with Crippen molar-refractivity contribution in [3.05, 3.63) is 63.2 Å². The van der Waals surface area contributed by atoms with E-state index in [0.717, 1.165) is 11.1 Å². The lowest BCUT2D eigenvalue weighted by Crippen LogP contribution is -2.27. The predicted molar refractivity (Wildman–Crippen MR) is 96.2 cm³/mol. The first-order valence-electron chi connectivity index (χ1n) is 7.72. The molecular weight excluding hydrogens is 322 g/mol. The molecule has 0 saturated heterocycles. The predicted octanol–water partition coefficient (Wildman–Crippen LogP) is 3.23. The molecule has 0 aliphatic carbocycles. The third kappa shape index (κ3) is 4.06. The number of nitrogens with one attached hydrogen (secondary N) is 1. The summed E-state index contributed by atoms with van der Waals surface area (Å²) in [7, 11) is 4.90. The van der Waals surface area contributed by atoms with E-state index in [-0.39, 0.29) is 17.2 Å². The summed E-state index contributed by atoms with van der Waals surface area (Å²) in [5, 5.41) is 13.9. The second-order valence-corrected chi connectivity index (χ2v) is 5.71. The Kier molecular flexibility index (Phi) is 5.59. The maximum absolute atomic E-state index is 12.8. The van der Waals surface area contributed by atoms with Crippen molar-refractivity contribution >= 4 is 17.3 Å². The Bertz CT molecular complexity index is 805. The summed E-state index contributed by atoms with van der Waals surface area (Å²) in [4.78, 5) is 24.8. The van der Waals surface area contributed by atoms with Gasteiger partial charge in [-0.2, -0.15) is 0 Å². The van der Waals surface area contributed by atoms with Crippen LogP contribution in [0.3, 0.4) is 0 Å². The van der Waals surface area contributed by atoms with E-state index in [0.29, 0.717) is 18.0 Å². The van der Waals surface area contributed by atoms with Crippen molar-refractivity contribution in [2.24, 2.45) is 0 Å². The molecule has 0 unspecified atom stereocenters.